The van der Waals surface area contributed by atoms with Crippen LogP contribution in [0.4, 0.5) is 0 Å². The van der Waals surface area contributed by atoms with Gasteiger partial charge in [-0.15, -0.1) is 0 Å². The van der Waals surface area contributed by atoms with Gasteiger partial charge in [-0.3, -0.25) is 19.2 Å². The van der Waals surface area contributed by atoms with Crippen LogP contribution in [-0.4, -0.2) is 61.6 Å². The van der Waals surface area contributed by atoms with Gasteiger partial charge in [0.1, 0.15) is 0 Å². The Labute approximate surface area is 669 Å². The number of nitrogens with zero attached hydrogens (tertiary/aromatic N) is 2. The molecule has 0 saturated heterocycles. The first-order valence-electron chi connectivity index (χ1n) is 38.0. The van der Waals surface area contributed by atoms with Crippen LogP contribution in [0.15, 0.2) is 179 Å². The Morgan fingerprint density at radius 1 is 0.349 bits per heavy atom. The molecule has 6 aromatic carbocycles. The van der Waals surface area contributed by atoms with Crippen LogP contribution in [0.25, 0.3) is 0 Å². The Balaban J connectivity index is 0.000000300. The number of carbonyl (C=O) groups excluding carboxylic acids is 4. The summed E-state index contributed by atoms with van der Waals surface area (Å²) in [7, 11) is 8.82. The SMILES string of the molecule is CC(NC(=O)c1c(C(C)C)cc(C)cc1C(C)C)=C1C=CCC(=C(C)NC(=O)c2c(C(C)C)cc(C)cc2C(C)C)N1.CC(NC(=O)c1c(C(C)C)cc(C)cc1C(C)C)=C1C=CCC(=C(C)NC(=O)c2c(C(C)C)cc(C)cc2C(C)C)N1.CN(C)[CH]([Zr][CH](c1ccccc1)N(C)C)c1ccccc1.[Zr]. The third-order valence-corrected chi connectivity index (χ3v) is 25.3. The van der Waals surface area contributed by atoms with E-state index in [1.807, 2.05) is 39.8 Å². The first kappa shape index (κ1) is 89.5. The number of benzene rings is 6. The molecule has 2 atom stereocenters. The molecule has 8 rings (SSSR count). The van der Waals surface area contributed by atoms with Crippen LogP contribution in [0, 0.1) is 27.7 Å². The minimum atomic E-state index is -0.731. The molecule has 0 spiro atoms. The number of hydrogen-bond donors (Lipinski definition) is 6. The van der Waals surface area contributed by atoms with Crippen LogP contribution in [0.1, 0.15) is 325 Å². The molecule has 2 aliphatic heterocycles. The first-order valence-corrected chi connectivity index (χ1v) is 40.9. The third-order valence-electron chi connectivity index (χ3n) is 19.5. The number of aryl methyl sites for hydroxylation is 4. The molecule has 106 heavy (non-hydrogen) atoms. The van der Waals surface area contributed by atoms with E-state index in [0.717, 1.165) is 112 Å². The second kappa shape index (κ2) is 40.9. The van der Waals surface area contributed by atoms with Gasteiger partial charge in [0, 0.05) is 95.5 Å². The molecule has 0 aliphatic carbocycles. The summed E-state index contributed by atoms with van der Waals surface area (Å²) in [6.07, 6.45) is 9.41. The zero-order chi connectivity index (χ0) is 78.2. The maximum atomic E-state index is 13.7. The minimum absolute atomic E-state index is 0. The van der Waals surface area contributed by atoms with Crippen LogP contribution in [-0.2, 0) is 49.4 Å². The van der Waals surface area contributed by atoms with Gasteiger partial charge in [-0.2, -0.15) is 0 Å². The summed E-state index contributed by atoms with van der Waals surface area (Å²) in [5.74, 6) is 1.48. The second-order valence-electron chi connectivity index (χ2n) is 31.8. The van der Waals surface area contributed by atoms with E-state index >= 15 is 0 Å². The zero-order valence-electron chi connectivity index (χ0n) is 69.4. The van der Waals surface area contributed by atoms with Gasteiger partial charge in [-0.05, 0) is 159 Å². The van der Waals surface area contributed by atoms with E-state index in [2.05, 4.69) is 330 Å². The number of amides is 4. The number of rotatable bonds is 22. The zero-order valence-corrected chi connectivity index (χ0v) is 74.3. The molecule has 6 aromatic rings. The Kier molecular flexibility index (Phi) is 34.6. The van der Waals surface area contributed by atoms with Gasteiger partial charge < -0.3 is 31.9 Å². The predicted octanol–water partition coefficient (Wildman–Crippen LogP) is 21.5. The largest absolute Gasteiger partial charge is 0 e. The molecule has 12 nitrogen and oxygen atoms in total. The summed E-state index contributed by atoms with van der Waals surface area (Å²) >= 11 is -0.731. The predicted molar refractivity (Wildman–Crippen MR) is 438 cm³/mol. The van der Waals surface area contributed by atoms with Crippen LogP contribution < -0.4 is 31.9 Å². The number of carbonyl (C=O) groups is 4. The van der Waals surface area contributed by atoms with Crippen molar-refractivity contribution in [2.45, 2.75) is 234 Å². The summed E-state index contributed by atoms with van der Waals surface area (Å²) in [5.41, 5.74) is 25.7. The Hall–Kier alpha value is -7.07. The second-order valence-corrected chi connectivity index (χ2v) is 35.3. The Morgan fingerprint density at radius 2 is 0.557 bits per heavy atom. The smallest absolute Gasteiger partial charge is 0 e. The average molecular weight is 1590 g/mol. The fourth-order valence-corrected chi connectivity index (χ4v) is 17.9. The summed E-state index contributed by atoms with van der Waals surface area (Å²) < 4.78 is 1.17. The summed E-state index contributed by atoms with van der Waals surface area (Å²) in [5, 5.41) is 19.6. The molecule has 0 bridgehead atoms. The van der Waals surface area contributed by atoms with E-state index in [0.29, 0.717) is 20.3 Å². The molecule has 14 heteroatoms. The van der Waals surface area contributed by atoms with Gasteiger partial charge in [0.2, 0.25) is 0 Å². The molecule has 2 unspecified atom stereocenters. The van der Waals surface area contributed by atoms with E-state index in [1.54, 1.807) is 0 Å². The minimum Gasteiger partial charge on any atom is 0 e. The van der Waals surface area contributed by atoms with Gasteiger partial charge in [0.05, 0.1) is 11.4 Å². The topological polar surface area (TPSA) is 147 Å². The van der Waals surface area contributed by atoms with Gasteiger partial charge in [0.25, 0.3) is 23.6 Å². The quantitative estimate of drug-likeness (QED) is 0.0394. The van der Waals surface area contributed by atoms with Crippen molar-refractivity contribution in [2.75, 3.05) is 28.2 Å². The van der Waals surface area contributed by atoms with Crippen LogP contribution in [0.3, 0.4) is 0 Å². The van der Waals surface area contributed by atoms with Crippen molar-refractivity contribution in [1.82, 2.24) is 41.7 Å². The molecular weight excluding hydrogens is 1460 g/mol. The molecule has 4 amide bonds. The Morgan fingerprint density at radius 3 is 0.755 bits per heavy atom. The monoisotopic (exact) mass is 1590 g/mol. The average Bonchev–Trinajstić information content (AvgIpc) is 0.806. The Bertz CT molecular complexity index is 3870. The number of allylic oxidation sites excluding steroid dienone is 8. The van der Waals surface area contributed by atoms with Gasteiger partial charge in [-0.1, -0.05) is 194 Å². The van der Waals surface area contributed by atoms with Crippen molar-refractivity contribution in [1.29, 1.82) is 0 Å². The van der Waals surface area contributed by atoms with E-state index in [1.165, 1.54) is 33.4 Å². The van der Waals surface area contributed by atoms with E-state index < -0.39 is 23.2 Å². The molecule has 566 valence electrons. The molecule has 2 heterocycles. The van der Waals surface area contributed by atoms with Gasteiger partial charge >= 0.3 is 141 Å². The van der Waals surface area contributed by atoms with Gasteiger partial charge in [0.15, 0.2) is 0 Å². The van der Waals surface area contributed by atoms with Crippen LogP contribution in [0.5, 0.6) is 0 Å². The number of nitrogens with one attached hydrogen (secondary N) is 6. The fourth-order valence-electron chi connectivity index (χ4n) is 13.8. The molecule has 0 saturated carbocycles. The van der Waals surface area contributed by atoms with E-state index in [-0.39, 0.29) is 97.2 Å². The van der Waals surface area contributed by atoms with Crippen molar-refractivity contribution >= 4 is 23.6 Å². The molecule has 0 radical (unpaired) electrons. The van der Waals surface area contributed by atoms with Crippen molar-refractivity contribution in [3.63, 3.8) is 0 Å². The molecular formula is C92H126N8O4Zr2. The maximum absolute atomic E-state index is 13.7. The van der Waals surface area contributed by atoms with E-state index in [9.17, 15) is 19.2 Å². The fraction of sp³-hybridized carbons (Fsp3) is 0.435. The van der Waals surface area contributed by atoms with Crippen LogP contribution in [0.2, 0.25) is 0 Å². The first-order chi connectivity index (χ1) is 49.3. The van der Waals surface area contributed by atoms with Crippen LogP contribution >= 0.6 is 0 Å². The van der Waals surface area contributed by atoms with Crippen molar-refractivity contribution in [3.8, 4) is 0 Å². The normalized spacial score (nSPS) is 15.3. The van der Waals surface area contributed by atoms with Crippen molar-refractivity contribution < 1.29 is 68.6 Å². The third kappa shape index (κ3) is 24.0. The van der Waals surface area contributed by atoms with Crippen molar-refractivity contribution in [2.24, 2.45) is 0 Å². The maximum Gasteiger partial charge on any atom is 0 e. The number of hydrogen-bond acceptors (Lipinski definition) is 8. The molecule has 6 N–H and O–H groups in total. The molecule has 0 aromatic heterocycles. The molecule has 0 fully saturated rings. The summed E-state index contributed by atoms with van der Waals surface area (Å²) in [6, 6.07) is 38.9. The van der Waals surface area contributed by atoms with Gasteiger partial charge in [-0.25, -0.2) is 0 Å². The standard InChI is InChI=1S/2C37H51N3O2.2C9H12N.2Zr/c2*1-20(2)28-16-24(9)17-29(21(3)4)34(28)36(41)38-26(11)32-14-13-15-33(40-32)27(12)39-37(42)35-30(22(5)6)18-25(10)19-31(35)23(7)8;2*1-10(2)8-9-6-4-3-5-7-9;;/h2*13-14,16-23,40H,15H2,1-12H3,(H,38,41)(H,39,42);2*3-8H,1-2H3;;. The summed E-state index contributed by atoms with van der Waals surface area (Å²) in [6.45, 7) is 50.1. The molecule has 2 aliphatic rings. The summed E-state index contributed by atoms with van der Waals surface area (Å²) in [4.78, 5) is 59.6. The van der Waals surface area contributed by atoms with E-state index in [4.69, 9.17) is 0 Å². The van der Waals surface area contributed by atoms with Crippen molar-refractivity contribution in [3.05, 3.63) is 279 Å².